The van der Waals surface area contributed by atoms with Crippen LogP contribution in [-0.2, 0) is 17.7 Å². The minimum absolute atomic E-state index is 0.236. The minimum Gasteiger partial charge on any atom is -0.496 e. The fraction of sp³-hybridized carbons (Fsp3) is 0.360. The number of nitrogens with one attached hydrogen (secondary N) is 1. The van der Waals surface area contributed by atoms with Gasteiger partial charge in [-0.15, -0.1) is 0 Å². The number of rotatable bonds is 8. The molecule has 0 spiro atoms. The SMILES string of the molecule is CCNC(=O)c1cc(Cc2cc(-c3ccc(CN4CCOCC4)cc3)ccc2OC)on1. The Morgan fingerprint density at radius 1 is 1.09 bits per heavy atom. The van der Waals surface area contributed by atoms with E-state index in [9.17, 15) is 4.79 Å². The Hall–Kier alpha value is -3.16. The van der Waals surface area contributed by atoms with Gasteiger partial charge in [0.2, 0.25) is 0 Å². The normalized spacial score (nSPS) is 14.3. The second kappa shape index (κ2) is 10.4. The van der Waals surface area contributed by atoms with E-state index in [2.05, 4.69) is 51.8 Å². The molecular formula is C25H29N3O4. The summed E-state index contributed by atoms with van der Waals surface area (Å²) in [4.78, 5) is 14.4. The number of methoxy groups -OCH3 is 1. The number of hydrogen-bond donors (Lipinski definition) is 1. The van der Waals surface area contributed by atoms with Crippen LogP contribution < -0.4 is 10.1 Å². The molecule has 0 aliphatic carbocycles. The molecule has 4 rings (SSSR count). The number of nitrogens with zero attached hydrogens (tertiary/aromatic N) is 2. The van der Waals surface area contributed by atoms with E-state index in [1.807, 2.05) is 13.0 Å². The third-order valence-corrected chi connectivity index (χ3v) is 5.57. The smallest absolute Gasteiger partial charge is 0.273 e. The molecule has 32 heavy (non-hydrogen) atoms. The lowest BCUT2D eigenvalue weighted by molar-refractivity contribution is 0.0342. The molecule has 0 radical (unpaired) electrons. The van der Waals surface area contributed by atoms with E-state index >= 15 is 0 Å². The topological polar surface area (TPSA) is 76.8 Å². The second-order valence-corrected chi connectivity index (χ2v) is 7.83. The standard InChI is InChI=1S/C25H29N3O4/c1-3-26-25(29)23-16-22(32-27-23)15-21-14-20(8-9-24(21)30-2)19-6-4-18(5-7-19)17-28-10-12-31-13-11-28/h4-9,14,16H,3,10-13,15,17H2,1-2H3,(H,26,29). The zero-order valence-corrected chi connectivity index (χ0v) is 18.6. The van der Waals surface area contributed by atoms with Crippen LogP contribution in [0.25, 0.3) is 11.1 Å². The summed E-state index contributed by atoms with van der Waals surface area (Å²) in [5, 5.41) is 6.61. The van der Waals surface area contributed by atoms with E-state index in [1.54, 1.807) is 13.2 Å². The molecule has 168 valence electrons. The molecule has 2 aromatic carbocycles. The van der Waals surface area contributed by atoms with Crippen LogP contribution in [0.15, 0.2) is 53.1 Å². The van der Waals surface area contributed by atoms with E-state index in [4.69, 9.17) is 14.0 Å². The van der Waals surface area contributed by atoms with E-state index in [1.165, 1.54) is 5.56 Å². The average Bonchev–Trinajstić information content (AvgIpc) is 3.29. The lowest BCUT2D eigenvalue weighted by Gasteiger charge is -2.26. The van der Waals surface area contributed by atoms with Crippen molar-refractivity contribution < 1.29 is 18.8 Å². The molecular weight excluding hydrogens is 406 g/mol. The van der Waals surface area contributed by atoms with Crippen LogP contribution in [0.1, 0.15) is 34.3 Å². The van der Waals surface area contributed by atoms with Crippen LogP contribution in [0.5, 0.6) is 5.75 Å². The quantitative estimate of drug-likeness (QED) is 0.583. The lowest BCUT2D eigenvalue weighted by atomic mass is 9.99. The van der Waals surface area contributed by atoms with Crippen LogP contribution in [0.3, 0.4) is 0 Å². The van der Waals surface area contributed by atoms with E-state index in [0.29, 0.717) is 18.7 Å². The zero-order valence-electron chi connectivity index (χ0n) is 18.6. The number of morpholine rings is 1. The van der Waals surface area contributed by atoms with Crippen molar-refractivity contribution >= 4 is 5.91 Å². The third kappa shape index (κ3) is 5.36. The Bertz CT molecular complexity index is 1040. The van der Waals surface area contributed by atoms with Crippen molar-refractivity contribution in [1.29, 1.82) is 0 Å². The van der Waals surface area contributed by atoms with Gasteiger partial charge in [-0.05, 0) is 35.7 Å². The Kier molecular flexibility index (Phi) is 7.19. The highest BCUT2D eigenvalue weighted by Gasteiger charge is 2.15. The number of aromatic nitrogens is 1. The molecule has 0 saturated carbocycles. The summed E-state index contributed by atoms with van der Waals surface area (Å²) in [5.41, 5.74) is 4.79. The molecule has 1 aliphatic heterocycles. The first-order valence-corrected chi connectivity index (χ1v) is 11.0. The van der Waals surface area contributed by atoms with E-state index < -0.39 is 0 Å². The molecule has 0 bridgehead atoms. The van der Waals surface area contributed by atoms with Crippen LogP contribution in [0, 0.1) is 0 Å². The van der Waals surface area contributed by atoms with Crippen molar-refractivity contribution in [3.8, 4) is 16.9 Å². The van der Waals surface area contributed by atoms with Crippen molar-refractivity contribution in [3.05, 3.63) is 71.1 Å². The number of benzene rings is 2. The van der Waals surface area contributed by atoms with Crippen LogP contribution in [0.2, 0.25) is 0 Å². The molecule has 1 saturated heterocycles. The highest BCUT2D eigenvalue weighted by Crippen LogP contribution is 2.29. The van der Waals surface area contributed by atoms with Crippen molar-refractivity contribution in [3.63, 3.8) is 0 Å². The molecule has 1 aromatic heterocycles. The maximum absolute atomic E-state index is 12.0. The Morgan fingerprint density at radius 2 is 1.84 bits per heavy atom. The predicted molar refractivity (Wildman–Crippen MR) is 122 cm³/mol. The predicted octanol–water partition coefficient (Wildman–Crippen LogP) is 3.52. The minimum atomic E-state index is -0.236. The third-order valence-electron chi connectivity index (χ3n) is 5.57. The van der Waals surface area contributed by atoms with Gasteiger partial charge in [0.05, 0.1) is 20.3 Å². The van der Waals surface area contributed by atoms with Crippen LogP contribution in [-0.4, -0.2) is 55.9 Å². The Balaban J connectivity index is 1.49. The summed E-state index contributed by atoms with van der Waals surface area (Å²) in [6.07, 6.45) is 0.485. The summed E-state index contributed by atoms with van der Waals surface area (Å²) in [6.45, 7) is 6.93. The van der Waals surface area contributed by atoms with Gasteiger partial charge in [-0.2, -0.15) is 0 Å². The van der Waals surface area contributed by atoms with Gasteiger partial charge in [-0.1, -0.05) is 35.5 Å². The molecule has 3 aromatic rings. The van der Waals surface area contributed by atoms with Gasteiger partial charge in [-0.3, -0.25) is 9.69 Å². The summed E-state index contributed by atoms with van der Waals surface area (Å²) < 4.78 is 16.4. The van der Waals surface area contributed by atoms with E-state index in [-0.39, 0.29) is 11.6 Å². The summed E-state index contributed by atoms with van der Waals surface area (Å²) in [5.74, 6) is 1.15. The van der Waals surface area contributed by atoms with E-state index in [0.717, 1.165) is 55.3 Å². The van der Waals surface area contributed by atoms with Gasteiger partial charge < -0.3 is 19.3 Å². The summed E-state index contributed by atoms with van der Waals surface area (Å²) in [7, 11) is 1.65. The van der Waals surface area contributed by atoms with Crippen molar-refractivity contribution in [2.24, 2.45) is 0 Å². The number of carbonyl (C=O) groups excluding carboxylic acids is 1. The average molecular weight is 436 g/mol. The fourth-order valence-corrected chi connectivity index (χ4v) is 3.86. The summed E-state index contributed by atoms with van der Waals surface area (Å²) >= 11 is 0. The van der Waals surface area contributed by atoms with Gasteiger partial charge in [-0.25, -0.2) is 0 Å². The first-order valence-electron chi connectivity index (χ1n) is 11.0. The first-order chi connectivity index (χ1) is 15.7. The largest absolute Gasteiger partial charge is 0.496 e. The van der Waals surface area contributed by atoms with Crippen molar-refractivity contribution in [2.75, 3.05) is 40.0 Å². The fourth-order valence-electron chi connectivity index (χ4n) is 3.86. The first kappa shape index (κ1) is 22.0. The van der Waals surface area contributed by atoms with Crippen molar-refractivity contribution in [2.45, 2.75) is 19.9 Å². The number of amides is 1. The lowest BCUT2D eigenvalue weighted by Crippen LogP contribution is -2.35. The van der Waals surface area contributed by atoms with Gasteiger partial charge >= 0.3 is 0 Å². The van der Waals surface area contributed by atoms with Gasteiger partial charge in [0, 0.05) is 44.2 Å². The molecule has 0 atom stereocenters. The molecule has 1 aliphatic rings. The molecule has 1 fully saturated rings. The molecule has 1 N–H and O–H groups in total. The maximum Gasteiger partial charge on any atom is 0.273 e. The monoisotopic (exact) mass is 435 g/mol. The number of carbonyl (C=O) groups is 1. The number of ether oxygens (including phenoxy) is 2. The highest BCUT2D eigenvalue weighted by atomic mass is 16.5. The van der Waals surface area contributed by atoms with Crippen LogP contribution >= 0.6 is 0 Å². The second-order valence-electron chi connectivity index (χ2n) is 7.83. The van der Waals surface area contributed by atoms with Gasteiger partial charge in [0.25, 0.3) is 5.91 Å². The number of hydrogen-bond acceptors (Lipinski definition) is 6. The van der Waals surface area contributed by atoms with Crippen molar-refractivity contribution in [1.82, 2.24) is 15.4 Å². The molecule has 1 amide bonds. The zero-order chi connectivity index (χ0) is 22.3. The molecule has 7 heteroatoms. The highest BCUT2D eigenvalue weighted by molar-refractivity contribution is 5.92. The summed E-state index contributed by atoms with van der Waals surface area (Å²) in [6, 6.07) is 16.5. The molecule has 7 nitrogen and oxygen atoms in total. The van der Waals surface area contributed by atoms with Crippen LogP contribution in [0.4, 0.5) is 0 Å². The van der Waals surface area contributed by atoms with Gasteiger partial charge in [0.1, 0.15) is 11.5 Å². The molecule has 0 unspecified atom stereocenters. The maximum atomic E-state index is 12.0. The molecule has 2 heterocycles. The Morgan fingerprint density at radius 3 is 2.56 bits per heavy atom. The van der Waals surface area contributed by atoms with Gasteiger partial charge in [0.15, 0.2) is 5.69 Å². The Labute approximate surface area is 188 Å².